The number of hydrogen-bond donors (Lipinski definition) is 0. The first-order chi connectivity index (χ1) is 10.7. The maximum Gasteiger partial charge on any atom is 0.430 e. The Bertz CT molecular complexity index is 685. The molecule has 0 aliphatic heterocycles. The van der Waals surface area contributed by atoms with E-state index in [0.29, 0.717) is 41.2 Å². The van der Waals surface area contributed by atoms with E-state index in [1.165, 1.54) is 0 Å². The first-order valence-electron chi connectivity index (χ1n) is 6.90. The van der Waals surface area contributed by atoms with Crippen molar-refractivity contribution in [1.29, 1.82) is 5.39 Å². The Morgan fingerprint density at radius 3 is 2.13 bits per heavy atom. The molecule has 2 rings (SSSR count). The number of diazo groups is 1. The number of halogens is 2. The average Bonchev–Trinajstić information content (AvgIpc) is 2.52. The van der Waals surface area contributed by atoms with Crippen molar-refractivity contribution in [2.45, 2.75) is 13.8 Å². The first kappa shape index (κ1) is 18.9. The highest BCUT2D eigenvalue weighted by Gasteiger charge is 2.22. The predicted octanol–water partition coefficient (Wildman–Crippen LogP) is 2.42. The molecule has 7 heteroatoms. The summed E-state index contributed by atoms with van der Waals surface area (Å²) in [4.78, 5) is 3.21. The molecule has 0 N–H and O–H groups in total. The molecule has 0 unspecified atom stereocenters. The van der Waals surface area contributed by atoms with Gasteiger partial charge in [0, 0.05) is 11.1 Å². The zero-order valence-corrected chi connectivity index (χ0v) is 14.3. The molecule has 0 amide bonds. The molecule has 0 saturated carbocycles. The van der Waals surface area contributed by atoms with Crippen molar-refractivity contribution in [3.05, 3.63) is 46.4 Å². The number of ether oxygens (including phenoxy) is 3. The molecule has 5 nitrogen and oxygen atoms in total. The van der Waals surface area contributed by atoms with Gasteiger partial charge in [-0.15, -0.1) is 0 Å². The minimum atomic E-state index is 0. The molecular formula is C16H16Cl2N2O3. The highest BCUT2D eigenvalue weighted by atomic mass is 35.5. The second-order valence-electron chi connectivity index (χ2n) is 4.29. The summed E-state index contributed by atoms with van der Waals surface area (Å²) < 4.78 is 16.8. The van der Waals surface area contributed by atoms with Crippen LogP contribution in [0.15, 0.2) is 36.4 Å². The smallest absolute Gasteiger partial charge is 0.430 e. The molecule has 0 radical (unpaired) electrons. The normalized spacial score (nSPS) is 9.48. The Balaban J connectivity index is 0.00000264. The second kappa shape index (κ2) is 9.09. The van der Waals surface area contributed by atoms with Gasteiger partial charge < -0.3 is 26.6 Å². The Morgan fingerprint density at radius 1 is 0.957 bits per heavy atom. The van der Waals surface area contributed by atoms with E-state index < -0.39 is 0 Å². The monoisotopic (exact) mass is 354 g/mol. The van der Waals surface area contributed by atoms with Crippen molar-refractivity contribution in [3.8, 4) is 23.0 Å². The minimum Gasteiger partial charge on any atom is -1.00 e. The number of rotatable bonds is 6. The lowest BCUT2D eigenvalue weighted by Gasteiger charge is -2.12. The molecule has 0 heterocycles. The largest absolute Gasteiger partial charge is 1.00 e. The van der Waals surface area contributed by atoms with Crippen LogP contribution in [0.5, 0.6) is 23.0 Å². The summed E-state index contributed by atoms with van der Waals surface area (Å²) in [6.45, 7) is 4.60. The van der Waals surface area contributed by atoms with Crippen LogP contribution in [-0.2, 0) is 0 Å². The minimum absolute atomic E-state index is 0. The molecule has 0 atom stereocenters. The van der Waals surface area contributed by atoms with Gasteiger partial charge in [0.25, 0.3) is 0 Å². The van der Waals surface area contributed by atoms with Crippen molar-refractivity contribution in [2.24, 2.45) is 0 Å². The van der Waals surface area contributed by atoms with E-state index >= 15 is 0 Å². The van der Waals surface area contributed by atoms with E-state index in [1.807, 2.05) is 13.8 Å². The SMILES string of the molecule is CCOc1cc(Oc2ccc(Cl)cc2)c(OCC)cc1[N+]#N.[Cl-]. The molecule has 0 spiro atoms. The van der Waals surface area contributed by atoms with Gasteiger partial charge in [0.05, 0.1) is 19.3 Å². The van der Waals surface area contributed by atoms with Crippen LogP contribution in [0.1, 0.15) is 13.8 Å². The van der Waals surface area contributed by atoms with Gasteiger partial charge >= 0.3 is 5.69 Å². The molecule has 0 bridgehead atoms. The molecule has 2 aromatic rings. The van der Waals surface area contributed by atoms with Crippen LogP contribution in [-0.4, -0.2) is 13.2 Å². The summed E-state index contributed by atoms with van der Waals surface area (Å²) in [6, 6.07) is 10.2. The summed E-state index contributed by atoms with van der Waals surface area (Å²) in [5.41, 5.74) is 0.286. The zero-order chi connectivity index (χ0) is 15.9. The summed E-state index contributed by atoms with van der Waals surface area (Å²) >= 11 is 5.86. The van der Waals surface area contributed by atoms with Crippen LogP contribution in [0.25, 0.3) is 4.98 Å². The predicted molar refractivity (Wildman–Crippen MR) is 85.1 cm³/mol. The lowest BCUT2D eigenvalue weighted by atomic mass is 10.2. The Kier molecular flexibility index (Phi) is 7.46. The van der Waals surface area contributed by atoms with Gasteiger partial charge in [0.1, 0.15) is 5.75 Å². The topological polar surface area (TPSA) is 55.8 Å². The van der Waals surface area contributed by atoms with E-state index in [2.05, 4.69) is 4.98 Å². The third kappa shape index (κ3) is 4.92. The summed E-state index contributed by atoms with van der Waals surface area (Å²) in [6.07, 6.45) is 0. The summed E-state index contributed by atoms with van der Waals surface area (Å²) in [5, 5.41) is 9.71. The van der Waals surface area contributed by atoms with Crippen molar-refractivity contribution in [1.82, 2.24) is 0 Å². The van der Waals surface area contributed by atoms with Crippen LogP contribution < -0.4 is 26.6 Å². The van der Waals surface area contributed by atoms with E-state index in [9.17, 15) is 0 Å². The van der Waals surface area contributed by atoms with Gasteiger partial charge in [-0.3, -0.25) is 0 Å². The standard InChI is InChI=1S/C16H16ClN2O3.ClH/c1-3-20-14-10-16(15(21-4-2)9-13(14)19-18)22-12-7-5-11(17)6-8-12;/h5-10H,3-4H2,1-2H3;1H/q+1;/p-1. The average molecular weight is 355 g/mol. The first-order valence-corrected chi connectivity index (χ1v) is 7.27. The van der Waals surface area contributed by atoms with Gasteiger partial charge in [-0.1, -0.05) is 11.6 Å². The second-order valence-corrected chi connectivity index (χ2v) is 4.73. The quantitative estimate of drug-likeness (QED) is 0.747. The zero-order valence-electron chi connectivity index (χ0n) is 12.8. The Morgan fingerprint density at radius 2 is 1.57 bits per heavy atom. The van der Waals surface area contributed by atoms with Crippen LogP contribution in [0, 0.1) is 5.39 Å². The molecular weight excluding hydrogens is 339 g/mol. The maximum atomic E-state index is 9.08. The van der Waals surface area contributed by atoms with Gasteiger partial charge in [-0.05, 0) is 38.1 Å². The van der Waals surface area contributed by atoms with Crippen molar-refractivity contribution >= 4 is 17.3 Å². The Labute approximate surface area is 146 Å². The van der Waals surface area contributed by atoms with Crippen molar-refractivity contribution in [2.75, 3.05) is 13.2 Å². The van der Waals surface area contributed by atoms with Crippen LogP contribution in [0.4, 0.5) is 5.69 Å². The van der Waals surface area contributed by atoms with Crippen molar-refractivity contribution < 1.29 is 26.6 Å². The lowest BCUT2D eigenvalue weighted by molar-refractivity contribution is -0.00000609. The number of nitrogens with zero attached hydrogens (tertiary/aromatic N) is 2. The molecule has 0 saturated heterocycles. The van der Waals surface area contributed by atoms with Gasteiger partial charge in [0.2, 0.25) is 11.1 Å². The van der Waals surface area contributed by atoms with Crippen molar-refractivity contribution in [3.63, 3.8) is 0 Å². The number of hydrogen-bond acceptors (Lipinski definition) is 4. The fraction of sp³-hybridized carbons (Fsp3) is 0.250. The van der Waals surface area contributed by atoms with Crippen LogP contribution in [0.3, 0.4) is 0 Å². The maximum absolute atomic E-state index is 9.08. The van der Waals surface area contributed by atoms with Crippen LogP contribution >= 0.6 is 11.6 Å². The van der Waals surface area contributed by atoms with E-state index in [0.717, 1.165) is 0 Å². The molecule has 0 fully saturated rings. The van der Waals surface area contributed by atoms with E-state index in [4.69, 9.17) is 31.2 Å². The lowest BCUT2D eigenvalue weighted by Crippen LogP contribution is -3.00. The van der Waals surface area contributed by atoms with E-state index in [-0.39, 0.29) is 18.1 Å². The molecule has 0 aromatic heterocycles. The molecule has 122 valence electrons. The molecule has 0 aliphatic carbocycles. The fourth-order valence-corrected chi connectivity index (χ4v) is 1.98. The fourth-order valence-electron chi connectivity index (χ4n) is 1.86. The molecule has 2 aromatic carbocycles. The highest BCUT2D eigenvalue weighted by molar-refractivity contribution is 6.30. The summed E-state index contributed by atoms with van der Waals surface area (Å²) in [7, 11) is 0. The van der Waals surface area contributed by atoms with E-state index in [1.54, 1.807) is 36.4 Å². The summed E-state index contributed by atoms with van der Waals surface area (Å²) in [5.74, 6) is 1.97. The number of benzene rings is 2. The highest BCUT2D eigenvalue weighted by Crippen LogP contribution is 2.41. The molecule has 23 heavy (non-hydrogen) atoms. The third-order valence-corrected chi connectivity index (χ3v) is 3.03. The van der Waals surface area contributed by atoms with Gasteiger partial charge in [0.15, 0.2) is 16.5 Å². The van der Waals surface area contributed by atoms with Crippen LogP contribution in [0.2, 0.25) is 5.02 Å². The Hall–Kier alpha value is -2.16. The third-order valence-electron chi connectivity index (χ3n) is 2.77. The molecule has 0 aliphatic rings. The van der Waals surface area contributed by atoms with Gasteiger partial charge in [-0.2, -0.15) is 0 Å². The van der Waals surface area contributed by atoms with Gasteiger partial charge in [-0.25, -0.2) is 0 Å².